The van der Waals surface area contributed by atoms with Crippen molar-refractivity contribution >= 4 is 46.5 Å². The van der Waals surface area contributed by atoms with Gasteiger partial charge in [0.2, 0.25) is 5.91 Å². The summed E-state index contributed by atoms with van der Waals surface area (Å²) in [5, 5.41) is 5.65. The van der Waals surface area contributed by atoms with Gasteiger partial charge in [0.15, 0.2) is 0 Å². The van der Waals surface area contributed by atoms with Gasteiger partial charge in [-0.05, 0) is 42.7 Å². The molecular weight excluding hydrogens is 442 g/mol. The van der Waals surface area contributed by atoms with Crippen LogP contribution in [0.5, 0.6) is 0 Å². The third-order valence-electron chi connectivity index (χ3n) is 5.89. The van der Waals surface area contributed by atoms with Crippen LogP contribution in [0.3, 0.4) is 0 Å². The lowest BCUT2D eigenvalue weighted by Crippen LogP contribution is -2.52. The van der Waals surface area contributed by atoms with Crippen molar-refractivity contribution < 1.29 is 19.2 Å². The summed E-state index contributed by atoms with van der Waals surface area (Å²) >= 11 is 1.31. The smallest absolute Gasteiger partial charge is 0.319 e. The van der Waals surface area contributed by atoms with Crippen molar-refractivity contribution in [3.63, 3.8) is 0 Å². The molecule has 1 radical (unpaired) electrons. The van der Waals surface area contributed by atoms with Crippen LogP contribution in [0, 0.1) is 14.0 Å². The first-order chi connectivity index (χ1) is 15.7. The number of carbonyl (C=O) groups is 4. The number of rotatable bonds is 5. The minimum Gasteiger partial charge on any atom is -0.377 e. The average Bonchev–Trinajstić information content (AvgIpc) is 3.31. The monoisotopic (exact) mass is 468 g/mol. The standard InChI is InChI=1S/C23H26N5O4S/c1-13-5-6-15(10-18(13)26(2)3)25-23(32)24-11-16-9-14-12-28(22(31)20(14)33-16)17-7-8-19(29)27(4)21(17)30/h5-6,9-10,17H,4,7-8,11-12H2,1-3H3,(H2,24,25,32). The Labute approximate surface area is 196 Å². The van der Waals surface area contributed by atoms with Gasteiger partial charge in [0.05, 0.1) is 11.4 Å². The molecule has 1 saturated heterocycles. The Balaban J connectivity index is 1.35. The summed E-state index contributed by atoms with van der Waals surface area (Å²) in [4.78, 5) is 55.1. The second kappa shape index (κ2) is 8.86. The van der Waals surface area contributed by atoms with Crippen molar-refractivity contribution in [3.8, 4) is 0 Å². The van der Waals surface area contributed by atoms with E-state index in [-0.39, 0.29) is 30.8 Å². The summed E-state index contributed by atoms with van der Waals surface area (Å²) in [6.45, 7) is 2.61. The van der Waals surface area contributed by atoms with E-state index < -0.39 is 11.9 Å². The molecule has 3 heterocycles. The van der Waals surface area contributed by atoms with Crippen molar-refractivity contribution in [2.75, 3.05) is 24.3 Å². The highest BCUT2D eigenvalue weighted by atomic mass is 32.1. The number of imide groups is 1. The number of benzene rings is 1. The highest BCUT2D eigenvalue weighted by molar-refractivity contribution is 7.14. The lowest BCUT2D eigenvalue weighted by atomic mass is 10.0. The lowest BCUT2D eigenvalue weighted by Gasteiger charge is -2.33. The molecule has 0 bridgehead atoms. The molecule has 1 atom stereocenters. The van der Waals surface area contributed by atoms with E-state index in [4.69, 9.17) is 0 Å². The third-order valence-corrected chi connectivity index (χ3v) is 7.05. The van der Waals surface area contributed by atoms with Gasteiger partial charge in [0.1, 0.15) is 6.04 Å². The zero-order chi connectivity index (χ0) is 23.9. The van der Waals surface area contributed by atoms with Crippen molar-refractivity contribution in [1.29, 1.82) is 0 Å². The summed E-state index contributed by atoms with van der Waals surface area (Å²) in [5.74, 6) is -0.989. The molecule has 0 spiro atoms. The van der Waals surface area contributed by atoms with Crippen LogP contribution >= 0.6 is 11.3 Å². The molecule has 0 aliphatic carbocycles. The quantitative estimate of drug-likeness (QED) is 0.657. The van der Waals surface area contributed by atoms with Crippen LogP contribution in [-0.4, -0.2) is 53.7 Å². The SMILES string of the molecule is [CH2]N1C(=O)CCC(N2Cc3cc(CNC(=O)Nc4ccc(C)c(N(C)C)c4)sc3C2=O)C1=O. The molecule has 2 aromatic rings. The average molecular weight is 469 g/mol. The highest BCUT2D eigenvalue weighted by Crippen LogP contribution is 2.34. The molecule has 4 rings (SSSR count). The molecule has 173 valence electrons. The first-order valence-corrected chi connectivity index (χ1v) is 11.4. The molecule has 1 unspecified atom stereocenters. The predicted octanol–water partition coefficient (Wildman–Crippen LogP) is 2.71. The number of thiophene rings is 1. The van der Waals surface area contributed by atoms with E-state index in [9.17, 15) is 19.2 Å². The minimum atomic E-state index is -0.666. The molecule has 1 aromatic heterocycles. The van der Waals surface area contributed by atoms with Gasteiger partial charge in [-0.1, -0.05) is 6.07 Å². The molecule has 10 heteroatoms. The molecular formula is C23H26N5O4S. The number of hydrogen-bond donors (Lipinski definition) is 2. The Bertz CT molecular complexity index is 1140. The van der Waals surface area contributed by atoms with E-state index in [1.165, 1.54) is 16.2 Å². The fraction of sp³-hybridized carbons (Fsp3) is 0.348. The van der Waals surface area contributed by atoms with Crippen LogP contribution in [0.2, 0.25) is 0 Å². The maximum atomic E-state index is 12.9. The third kappa shape index (κ3) is 4.43. The Kier molecular flexibility index (Phi) is 6.11. The fourth-order valence-electron chi connectivity index (χ4n) is 4.13. The normalized spacial score (nSPS) is 17.9. The number of carbonyl (C=O) groups excluding carboxylic acids is 4. The number of fused-ring (bicyclic) bond motifs is 1. The molecule has 33 heavy (non-hydrogen) atoms. The first kappa shape index (κ1) is 22.8. The topological polar surface area (TPSA) is 102 Å². The Morgan fingerprint density at radius 1 is 1.24 bits per heavy atom. The summed E-state index contributed by atoms with van der Waals surface area (Å²) < 4.78 is 0. The number of nitrogens with one attached hydrogen (secondary N) is 2. The molecule has 0 saturated carbocycles. The van der Waals surface area contributed by atoms with Gasteiger partial charge >= 0.3 is 6.03 Å². The van der Waals surface area contributed by atoms with E-state index in [1.807, 2.05) is 50.2 Å². The van der Waals surface area contributed by atoms with Gasteiger partial charge in [0, 0.05) is 50.4 Å². The van der Waals surface area contributed by atoms with Crippen LogP contribution in [0.25, 0.3) is 0 Å². The number of aryl methyl sites for hydroxylation is 1. The highest BCUT2D eigenvalue weighted by Gasteiger charge is 2.42. The Hall–Kier alpha value is -3.40. The second-order valence-electron chi connectivity index (χ2n) is 8.42. The van der Waals surface area contributed by atoms with Crippen LogP contribution in [-0.2, 0) is 22.7 Å². The Morgan fingerprint density at radius 2 is 2.00 bits per heavy atom. The van der Waals surface area contributed by atoms with Gasteiger partial charge in [0.25, 0.3) is 11.8 Å². The molecule has 2 N–H and O–H groups in total. The van der Waals surface area contributed by atoms with Crippen LogP contribution in [0.15, 0.2) is 24.3 Å². The van der Waals surface area contributed by atoms with E-state index >= 15 is 0 Å². The molecule has 1 fully saturated rings. The molecule has 2 aliphatic heterocycles. The van der Waals surface area contributed by atoms with Crippen LogP contribution in [0.4, 0.5) is 16.2 Å². The lowest BCUT2D eigenvalue weighted by molar-refractivity contribution is -0.148. The van der Waals surface area contributed by atoms with Gasteiger partial charge in [-0.3, -0.25) is 19.3 Å². The van der Waals surface area contributed by atoms with Crippen molar-refractivity contribution in [2.24, 2.45) is 0 Å². The minimum absolute atomic E-state index is 0.193. The number of likely N-dealkylation sites (tertiary alicyclic amines) is 1. The van der Waals surface area contributed by atoms with Gasteiger partial charge in [-0.2, -0.15) is 0 Å². The maximum absolute atomic E-state index is 12.9. The maximum Gasteiger partial charge on any atom is 0.319 e. The number of hydrogen-bond acceptors (Lipinski definition) is 6. The number of nitrogens with zero attached hydrogens (tertiary/aromatic N) is 3. The summed E-state index contributed by atoms with van der Waals surface area (Å²) in [6.07, 6.45) is 0.506. The number of piperidine rings is 1. The summed E-state index contributed by atoms with van der Waals surface area (Å²) in [7, 11) is 7.39. The zero-order valence-electron chi connectivity index (χ0n) is 18.8. The van der Waals surface area contributed by atoms with Crippen molar-refractivity contribution in [2.45, 2.75) is 38.9 Å². The van der Waals surface area contributed by atoms with Crippen molar-refractivity contribution in [1.82, 2.24) is 15.1 Å². The zero-order valence-corrected chi connectivity index (χ0v) is 19.6. The second-order valence-corrected chi connectivity index (χ2v) is 9.55. The van der Waals surface area contributed by atoms with Gasteiger partial charge in [-0.25, -0.2) is 4.79 Å². The number of urea groups is 1. The molecule has 9 nitrogen and oxygen atoms in total. The van der Waals surface area contributed by atoms with E-state index in [2.05, 4.69) is 17.7 Å². The molecule has 1 aromatic carbocycles. The van der Waals surface area contributed by atoms with E-state index in [0.717, 1.165) is 26.6 Å². The summed E-state index contributed by atoms with van der Waals surface area (Å²) in [6, 6.07) is 6.59. The van der Waals surface area contributed by atoms with Crippen LogP contribution in [0.1, 0.15) is 38.5 Å². The van der Waals surface area contributed by atoms with Crippen LogP contribution < -0.4 is 15.5 Å². The van der Waals surface area contributed by atoms with Gasteiger partial charge < -0.3 is 20.4 Å². The van der Waals surface area contributed by atoms with E-state index in [1.54, 1.807) is 0 Å². The fourth-order valence-corrected chi connectivity index (χ4v) is 5.20. The Morgan fingerprint density at radius 3 is 2.70 bits per heavy atom. The van der Waals surface area contributed by atoms with Crippen molar-refractivity contribution in [3.05, 3.63) is 52.2 Å². The molecule has 5 amide bonds. The predicted molar refractivity (Wildman–Crippen MR) is 126 cm³/mol. The summed E-state index contributed by atoms with van der Waals surface area (Å²) in [5.41, 5.74) is 3.66. The number of anilines is 2. The largest absolute Gasteiger partial charge is 0.377 e. The molecule has 2 aliphatic rings. The van der Waals surface area contributed by atoms with Gasteiger partial charge in [-0.15, -0.1) is 11.3 Å². The number of amides is 5. The first-order valence-electron chi connectivity index (χ1n) is 10.6. The van der Waals surface area contributed by atoms with E-state index in [0.29, 0.717) is 23.5 Å².